The molecule has 0 aliphatic heterocycles. The second-order valence-corrected chi connectivity index (χ2v) is 5.71. The molecule has 0 saturated carbocycles. The predicted molar refractivity (Wildman–Crippen MR) is 104 cm³/mol. The Bertz CT molecular complexity index is 714. The van der Waals surface area contributed by atoms with Gasteiger partial charge in [0.15, 0.2) is 17.5 Å². The van der Waals surface area contributed by atoms with Gasteiger partial charge < -0.3 is 20.5 Å². The number of ether oxygens (including phenoxy) is 2. The summed E-state index contributed by atoms with van der Waals surface area (Å²) in [6.07, 6.45) is 1.94. The number of nitrogens with two attached hydrogens (primary N) is 1. The molecule has 0 bridgehead atoms. The van der Waals surface area contributed by atoms with Crippen LogP contribution in [0.5, 0.6) is 11.5 Å². The molecule has 0 atom stereocenters. The maximum atomic E-state index is 5.99. The lowest BCUT2D eigenvalue weighted by molar-refractivity contribution is 0.294. The van der Waals surface area contributed by atoms with Gasteiger partial charge in [-0.25, -0.2) is 4.99 Å². The number of nitrogens with one attached hydrogen (secondary N) is 1. The number of benzene rings is 2. The zero-order chi connectivity index (χ0) is 18.1. The first-order valence-corrected chi connectivity index (χ1v) is 8.61. The van der Waals surface area contributed by atoms with E-state index >= 15 is 0 Å². The third kappa shape index (κ3) is 5.71. The fourth-order valence-corrected chi connectivity index (χ4v) is 2.37. The van der Waals surface area contributed by atoms with Crippen molar-refractivity contribution in [2.75, 3.05) is 19.0 Å². The molecule has 5 heteroatoms. The summed E-state index contributed by atoms with van der Waals surface area (Å²) in [5.41, 5.74) is 9.20. The molecule has 134 valence electrons. The molecule has 2 aromatic rings. The van der Waals surface area contributed by atoms with Crippen molar-refractivity contribution >= 4 is 11.6 Å². The molecular formula is C20H27N3O2. The third-order valence-electron chi connectivity index (χ3n) is 3.73. The minimum Gasteiger partial charge on any atom is -0.493 e. The van der Waals surface area contributed by atoms with Gasteiger partial charge in [-0.3, -0.25) is 0 Å². The van der Waals surface area contributed by atoms with Crippen molar-refractivity contribution in [2.24, 2.45) is 10.7 Å². The van der Waals surface area contributed by atoms with Crippen LogP contribution in [0.4, 0.5) is 5.69 Å². The topological polar surface area (TPSA) is 68.9 Å². The Morgan fingerprint density at radius 1 is 1.08 bits per heavy atom. The SMILES string of the molecule is CCCOc1ccc(CN=C(N)Nc2cccc(CC)c2)cc1OC. The lowest BCUT2D eigenvalue weighted by atomic mass is 10.1. The van der Waals surface area contributed by atoms with E-state index in [0.29, 0.717) is 24.9 Å². The van der Waals surface area contributed by atoms with Crippen LogP contribution in [-0.4, -0.2) is 19.7 Å². The standard InChI is InChI=1S/C20H27N3O2/c1-4-11-25-18-10-9-16(13-19(18)24-3)14-22-20(21)23-17-8-6-7-15(5-2)12-17/h6-10,12-13H,4-5,11,14H2,1-3H3,(H3,21,22,23). The number of hydrogen-bond donors (Lipinski definition) is 2. The Morgan fingerprint density at radius 3 is 2.64 bits per heavy atom. The van der Waals surface area contributed by atoms with Crippen LogP contribution in [0.15, 0.2) is 47.5 Å². The molecule has 5 nitrogen and oxygen atoms in total. The second kappa shape index (κ2) is 9.57. The number of methoxy groups -OCH3 is 1. The fraction of sp³-hybridized carbons (Fsp3) is 0.350. The van der Waals surface area contributed by atoms with E-state index in [1.165, 1.54) is 5.56 Å². The number of rotatable bonds is 8. The number of hydrogen-bond acceptors (Lipinski definition) is 3. The summed E-state index contributed by atoms with van der Waals surface area (Å²) in [4.78, 5) is 4.40. The van der Waals surface area contributed by atoms with Gasteiger partial charge in [-0.2, -0.15) is 0 Å². The van der Waals surface area contributed by atoms with Crippen molar-refractivity contribution in [1.82, 2.24) is 0 Å². The first-order chi connectivity index (χ1) is 12.2. The van der Waals surface area contributed by atoms with E-state index in [2.05, 4.69) is 36.3 Å². The second-order valence-electron chi connectivity index (χ2n) is 5.71. The summed E-state index contributed by atoms with van der Waals surface area (Å²) in [7, 11) is 1.64. The molecular weight excluding hydrogens is 314 g/mol. The molecule has 25 heavy (non-hydrogen) atoms. The summed E-state index contributed by atoms with van der Waals surface area (Å²) in [6, 6.07) is 14.0. The van der Waals surface area contributed by atoms with Gasteiger partial charge in [0.25, 0.3) is 0 Å². The third-order valence-corrected chi connectivity index (χ3v) is 3.73. The van der Waals surface area contributed by atoms with Gasteiger partial charge >= 0.3 is 0 Å². The molecule has 0 fully saturated rings. The highest BCUT2D eigenvalue weighted by molar-refractivity contribution is 5.92. The van der Waals surface area contributed by atoms with Gasteiger partial charge in [-0.1, -0.05) is 32.0 Å². The maximum absolute atomic E-state index is 5.99. The van der Waals surface area contributed by atoms with E-state index in [9.17, 15) is 0 Å². The monoisotopic (exact) mass is 341 g/mol. The Morgan fingerprint density at radius 2 is 1.92 bits per heavy atom. The molecule has 2 rings (SSSR count). The minimum absolute atomic E-state index is 0.388. The predicted octanol–water partition coefficient (Wildman–Crippen LogP) is 3.97. The number of anilines is 1. The van der Waals surface area contributed by atoms with Gasteiger partial charge in [0.2, 0.25) is 0 Å². The van der Waals surface area contributed by atoms with Gasteiger partial charge in [0.1, 0.15) is 0 Å². The van der Waals surface area contributed by atoms with E-state index in [0.717, 1.165) is 29.8 Å². The molecule has 2 aromatic carbocycles. The van der Waals surface area contributed by atoms with Crippen LogP contribution in [0, 0.1) is 0 Å². The van der Waals surface area contributed by atoms with Gasteiger partial charge in [-0.15, -0.1) is 0 Å². The first kappa shape index (κ1) is 18.6. The molecule has 0 heterocycles. The quantitative estimate of drug-likeness (QED) is 0.563. The number of nitrogens with zero attached hydrogens (tertiary/aromatic N) is 1. The van der Waals surface area contributed by atoms with Crippen molar-refractivity contribution in [3.05, 3.63) is 53.6 Å². The Balaban J connectivity index is 2.01. The van der Waals surface area contributed by atoms with Crippen LogP contribution in [0.2, 0.25) is 0 Å². The van der Waals surface area contributed by atoms with E-state index in [1.807, 2.05) is 30.3 Å². The summed E-state index contributed by atoms with van der Waals surface area (Å²) >= 11 is 0. The molecule has 0 unspecified atom stereocenters. The van der Waals surface area contributed by atoms with E-state index < -0.39 is 0 Å². The molecule has 0 saturated heterocycles. The van der Waals surface area contributed by atoms with Crippen LogP contribution >= 0.6 is 0 Å². The van der Waals surface area contributed by atoms with E-state index in [4.69, 9.17) is 15.2 Å². The summed E-state index contributed by atoms with van der Waals surface area (Å²) in [6.45, 7) is 5.33. The molecule has 0 spiro atoms. The number of aliphatic imine (C=N–C) groups is 1. The van der Waals surface area contributed by atoms with Crippen molar-refractivity contribution in [1.29, 1.82) is 0 Å². The highest BCUT2D eigenvalue weighted by Gasteiger charge is 2.05. The van der Waals surface area contributed by atoms with Crippen molar-refractivity contribution in [3.63, 3.8) is 0 Å². The smallest absolute Gasteiger partial charge is 0.193 e. The Hall–Kier alpha value is -2.69. The minimum atomic E-state index is 0.388. The Labute approximate surface area is 149 Å². The van der Waals surface area contributed by atoms with Gasteiger partial charge in [0, 0.05) is 5.69 Å². The first-order valence-electron chi connectivity index (χ1n) is 8.61. The molecule has 0 amide bonds. The lowest BCUT2D eigenvalue weighted by Crippen LogP contribution is -2.22. The number of aryl methyl sites for hydroxylation is 1. The van der Waals surface area contributed by atoms with Gasteiger partial charge in [-0.05, 0) is 48.2 Å². The molecule has 0 aliphatic rings. The molecule has 0 radical (unpaired) electrons. The summed E-state index contributed by atoms with van der Waals surface area (Å²) in [5, 5.41) is 3.13. The zero-order valence-corrected chi connectivity index (χ0v) is 15.2. The van der Waals surface area contributed by atoms with Crippen LogP contribution in [0.25, 0.3) is 0 Å². The van der Waals surface area contributed by atoms with E-state index in [-0.39, 0.29) is 0 Å². The normalized spacial score (nSPS) is 11.2. The van der Waals surface area contributed by atoms with Crippen LogP contribution in [0.3, 0.4) is 0 Å². The zero-order valence-electron chi connectivity index (χ0n) is 15.2. The Kier molecular flexibility index (Phi) is 7.14. The van der Waals surface area contributed by atoms with Crippen LogP contribution < -0.4 is 20.5 Å². The average Bonchev–Trinajstić information content (AvgIpc) is 2.65. The molecule has 3 N–H and O–H groups in total. The molecule has 0 aliphatic carbocycles. The van der Waals surface area contributed by atoms with Crippen molar-refractivity contribution in [2.45, 2.75) is 33.2 Å². The molecule has 0 aromatic heterocycles. The highest BCUT2D eigenvalue weighted by atomic mass is 16.5. The fourth-order valence-electron chi connectivity index (χ4n) is 2.37. The number of guanidine groups is 1. The highest BCUT2D eigenvalue weighted by Crippen LogP contribution is 2.28. The van der Waals surface area contributed by atoms with E-state index in [1.54, 1.807) is 7.11 Å². The van der Waals surface area contributed by atoms with Crippen molar-refractivity contribution in [3.8, 4) is 11.5 Å². The van der Waals surface area contributed by atoms with Crippen LogP contribution in [0.1, 0.15) is 31.4 Å². The van der Waals surface area contributed by atoms with Gasteiger partial charge in [0.05, 0.1) is 20.3 Å². The summed E-state index contributed by atoms with van der Waals surface area (Å²) < 4.78 is 11.1. The van der Waals surface area contributed by atoms with Crippen LogP contribution in [-0.2, 0) is 13.0 Å². The largest absolute Gasteiger partial charge is 0.493 e. The summed E-state index contributed by atoms with van der Waals surface area (Å²) in [5.74, 6) is 1.85. The average molecular weight is 341 g/mol. The van der Waals surface area contributed by atoms with Crippen molar-refractivity contribution < 1.29 is 9.47 Å². The lowest BCUT2D eigenvalue weighted by Gasteiger charge is -2.11. The maximum Gasteiger partial charge on any atom is 0.193 e.